The molecule has 0 N–H and O–H groups in total. The Bertz CT molecular complexity index is 508. The summed E-state index contributed by atoms with van der Waals surface area (Å²) in [6.45, 7) is 4.99. The van der Waals surface area contributed by atoms with Gasteiger partial charge in [-0.25, -0.2) is 0 Å². The van der Waals surface area contributed by atoms with Crippen molar-refractivity contribution in [2.24, 2.45) is 11.8 Å². The molecule has 1 saturated carbocycles. The molecule has 0 saturated heterocycles. The van der Waals surface area contributed by atoms with Crippen molar-refractivity contribution in [2.45, 2.75) is 70.6 Å². The van der Waals surface area contributed by atoms with Gasteiger partial charge in [0.05, 0.1) is 0 Å². The third kappa shape index (κ3) is 2.59. The van der Waals surface area contributed by atoms with Crippen LogP contribution in [-0.4, -0.2) is 14.4 Å². The van der Waals surface area contributed by atoms with Gasteiger partial charge in [0.2, 0.25) is 0 Å². The highest BCUT2D eigenvalue weighted by atomic mass is 16.5. The first-order valence-corrected chi connectivity index (χ1v) is 9.21. The maximum Gasteiger partial charge on any atom is 0.122 e. The van der Waals surface area contributed by atoms with E-state index in [-0.39, 0.29) is 6.51 Å². The molecule has 0 heterocycles. The molecule has 1 fully saturated rings. The second-order valence-corrected chi connectivity index (χ2v) is 7.26. The number of hydrogen-bond acceptors (Lipinski definition) is 1. The Balaban J connectivity index is 2.09. The van der Waals surface area contributed by atoms with Crippen molar-refractivity contribution in [3.63, 3.8) is 0 Å². The number of rotatable bonds is 5. The molecule has 1 nitrogen and oxygen atoms in total. The molecule has 22 heavy (non-hydrogen) atoms. The molecule has 118 valence electrons. The van der Waals surface area contributed by atoms with Crippen molar-refractivity contribution >= 4 is 7.85 Å². The highest BCUT2D eigenvalue weighted by Crippen LogP contribution is 2.55. The summed E-state index contributed by atoms with van der Waals surface area (Å²) in [5, 5.41) is 0. The smallest absolute Gasteiger partial charge is 0.122 e. The van der Waals surface area contributed by atoms with Crippen molar-refractivity contribution in [2.75, 3.05) is 6.51 Å². The summed E-state index contributed by atoms with van der Waals surface area (Å²) in [4.78, 5) is 0. The number of benzene rings is 1. The third-order valence-corrected chi connectivity index (χ3v) is 6.24. The fourth-order valence-electron chi connectivity index (χ4n) is 5.42. The molecule has 0 spiro atoms. The molecule has 1 unspecified atom stereocenters. The van der Waals surface area contributed by atoms with Crippen molar-refractivity contribution in [3.05, 3.63) is 29.3 Å². The second kappa shape index (κ2) is 6.68. The van der Waals surface area contributed by atoms with Gasteiger partial charge in [0.15, 0.2) is 0 Å². The molecule has 1 aromatic carbocycles. The van der Waals surface area contributed by atoms with Crippen molar-refractivity contribution in [1.29, 1.82) is 0 Å². The van der Waals surface area contributed by atoms with Gasteiger partial charge in [0.25, 0.3) is 0 Å². The summed E-state index contributed by atoms with van der Waals surface area (Å²) < 4.78 is 5.61. The second-order valence-electron chi connectivity index (χ2n) is 7.26. The average Bonchev–Trinajstić information content (AvgIpc) is 2.55. The molecule has 0 aromatic heterocycles. The van der Waals surface area contributed by atoms with Crippen LogP contribution < -0.4 is 4.74 Å². The lowest BCUT2D eigenvalue weighted by atomic mass is 9.52. The average molecular weight is 296 g/mol. The van der Waals surface area contributed by atoms with Crippen molar-refractivity contribution < 1.29 is 4.74 Å². The number of hydrogen-bond donors (Lipinski definition) is 0. The van der Waals surface area contributed by atoms with Crippen LogP contribution in [0.15, 0.2) is 18.2 Å². The van der Waals surface area contributed by atoms with Crippen LogP contribution in [-0.2, 0) is 11.8 Å². The number of fused-ring (bicyclic) bond motifs is 3. The predicted molar refractivity (Wildman–Crippen MR) is 93.7 cm³/mol. The molecular weight excluding hydrogens is 267 g/mol. The molecule has 3 atom stereocenters. The van der Waals surface area contributed by atoms with E-state index in [2.05, 4.69) is 32.0 Å². The van der Waals surface area contributed by atoms with E-state index < -0.39 is 0 Å². The summed E-state index contributed by atoms with van der Waals surface area (Å²) in [7, 11) is 5.58. The highest BCUT2D eigenvalue weighted by molar-refractivity contribution is 6.08. The zero-order chi connectivity index (χ0) is 15.6. The molecule has 2 aliphatic rings. The van der Waals surface area contributed by atoms with Gasteiger partial charge in [-0.3, -0.25) is 0 Å². The van der Waals surface area contributed by atoms with E-state index in [1.54, 1.807) is 11.1 Å². The van der Waals surface area contributed by atoms with Gasteiger partial charge >= 0.3 is 0 Å². The molecule has 0 aliphatic heterocycles. The predicted octanol–water partition coefficient (Wildman–Crippen LogP) is 5.00. The molecule has 1 aromatic rings. The molecule has 2 aliphatic carbocycles. The van der Waals surface area contributed by atoms with Crippen LogP contribution in [0.4, 0.5) is 0 Å². The van der Waals surface area contributed by atoms with E-state index >= 15 is 0 Å². The van der Waals surface area contributed by atoms with Gasteiger partial charge in [-0.15, -0.1) is 0 Å². The van der Waals surface area contributed by atoms with Gasteiger partial charge in [0.1, 0.15) is 13.6 Å². The Morgan fingerprint density at radius 3 is 2.86 bits per heavy atom. The minimum atomic E-state index is 0.264. The van der Waals surface area contributed by atoms with Crippen LogP contribution in [0.25, 0.3) is 0 Å². The van der Waals surface area contributed by atoms with Gasteiger partial charge in [-0.1, -0.05) is 45.6 Å². The summed E-state index contributed by atoms with van der Waals surface area (Å²) in [5.74, 6) is 2.68. The fraction of sp³-hybridized carbons (Fsp3) is 0.700. The monoisotopic (exact) mass is 296 g/mol. The summed E-state index contributed by atoms with van der Waals surface area (Å²) in [6, 6.07) is 6.74. The summed E-state index contributed by atoms with van der Waals surface area (Å²) >= 11 is 0. The highest BCUT2D eigenvalue weighted by Gasteiger charge is 2.48. The van der Waals surface area contributed by atoms with Crippen LogP contribution in [0.1, 0.15) is 69.9 Å². The van der Waals surface area contributed by atoms with Gasteiger partial charge in [0, 0.05) is 6.51 Å². The lowest BCUT2D eigenvalue weighted by molar-refractivity contribution is 0.0904. The molecule has 2 radical (unpaired) electrons. The van der Waals surface area contributed by atoms with Gasteiger partial charge < -0.3 is 4.74 Å². The summed E-state index contributed by atoms with van der Waals surface area (Å²) in [5.41, 5.74) is 3.56. The Kier molecular flexibility index (Phi) is 4.85. The van der Waals surface area contributed by atoms with Gasteiger partial charge in [-0.05, 0) is 66.2 Å². The van der Waals surface area contributed by atoms with Crippen LogP contribution >= 0.6 is 0 Å². The Morgan fingerprint density at radius 2 is 2.14 bits per heavy atom. The zero-order valence-electron chi connectivity index (χ0n) is 14.2. The van der Waals surface area contributed by atoms with E-state index in [1.807, 2.05) is 0 Å². The normalized spacial score (nSPS) is 30.5. The topological polar surface area (TPSA) is 9.23 Å². The van der Waals surface area contributed by atoms with Crippen LogP contribution in [0, 0.1) is 11.8 Å². The molecule has 0 bridgehead atoms. The standard InChI is InChI=1S/C20H29BO/c1-3-10-20-11-6-5-7-18(20)15(4-2)12-16-8-9-17(22-14-21)13-19(16)20/h8-9,13,15,18H,3-7,10-12,14H2,1-2H3/t15-,18?,20+/m0/s1. The number of ether oxygens (including phenoxy) is 1. The van der Waals surface area contributed by atoms with Crippen molar-refractivity contribution in [1.82, 2.24) is 0 Å². The SMILES string of the molecule is [B]COc1ccc2c(c1)[C@]1(CCC)CCCCC1[C@@H](CC)C2. The molecular formula is C20H29BO. The summed E-state index contributed by atoms with van der Waals surface area (Å²) in [6.07, 6.45) is 10.7. The lowest BCUT2D eigenvalue weighted by Crippen LogP contribution is -2.46. The first-order valence-electron chi connectivity index (χ1n) is 9.21. The Labute approximate surface area is 137 Å². The zero-order valence-corrected chi connectivity index (χ0v) is 14.2. The Hall–Kier alpha value is -0.915. The quantitative estimate of drug-likeness (QED) is 0.695. The van der Waals surface area contributed by atoms with Crippen LogP contribution in [0.2, 0.25) is 0 Å². The molecule has 3 rings (SSSR count). The Morgan fingerprint density at radius 1 is 1.27 bits per heavy atom. The maximum absolute atomic E-state index is 5.61. The first-order chi connectivity index (χ1) is 10.7. The van der Waals surface area contributed by atoms with Crippen LogP contribution in [0.3, 0.4) is 0 Å². The van der Waals surface area contributed by atoms with E-state index in [0.29, 0.717) is 5.41 Å². The van der Waals surface area contributed by atoms with Crippen molar-refractivity contribution in [3.8, 4) is 5.75 Å². The minimum Gasteiger partial charge on any atom is -0.504 e. The van der Waals surface area contributed by atoms with E-state index in [9.17, 15) is 0 Å². The lowest BCUT2D eigenvalue weighted by Gasteiger charge is -2.52. The molecule has 2 heteroatoms. The third-order valence-electron chi connectivity index (χ3n) is 6.24. The fourth-order valence-corrected chi connectivity index (χ4v) is 5.42. The molecule has 0 amide bonds. The first kappa shape index (κ1) is 16.0. The largest absolute Gasteiger partial charge is 0.504 e. The van der Waals surface area contributed by atoms with Crippen LogP contribution in [0.5, 0.6) is 5.75 Å². The minimum absolute atomic E-state index is 0.264. The van der Waals surface area contributed by atoms with E-state index in [0.717, 1.165) is 17.6 Å². The maximum atomic E-state index is 5.61. The van der Waals surface area contributed by atoms with E-state index in [1.165, 1.54) is 51.4 Å². The van der Waals surface area contributed by atoms with Gasteiger partial charge in [-0.2, -0.15) is 0 Å². The van der Waals surface area contributed by atoms with E-state index in [4.69, 9.17) is 12.6 Å².